The lowest BCUT2D eigenvalue weighted by Crippen LogP contribution is -2.03. The highest BCUT2D eigenvalue weighted by molar-refractivity contribution is 6.19. The fourth-order valence-electron chi connectivity index (χ4n) is 2.62. The van der Waals surface area contributed by atoms with Crippen LogP contribution < -0.4 is 5.32 Å². The summed E-state index contributed by atoms with van der Waals surface area (Å²) in [5, 5.41) is 6.21. The van der Waals surface area contributed by atoms with Crippen LogP contribution in [0.3, 0.4) is 0 Å². The second kappa shape index (κ2) is 2.88. The minimum atomic E-state index is 0.0362. The van der Waals surface area contributed by atoms with Crippen LogP contribution in [0.1, 0.15) is 5.56 Å². The van der Waals surface area contributed by atoms with Crippen molar-refractivity contribution in [3.63, 3.8) is 0 Å². The maximum absolute atomic E-state index is 11.6. The van der Waals surface area contributed by atoms with Crippen LogP contribution in [0.2, 0.25) is 0 Å². The Labute approximate surface area is 97.0 Å². The standard InChI is InChI=1S/C14H9NO2/c16-12-7-11-13(15-12)9-4-2-1-3-8(9)10-5-6-17-14(10)11/h1-6H,7H2,(H,15,16). The molecule has 2 aromatic carbocycles. The van der Waals surface area contributed by atoms with E-state index in [4.69, 9.17) is 4.42 Å². The number of hydrogen-bond acceptors (Lipinski definition) is 2. The zero-order chi connectivity index (χ0) is 11.4. The number of anilines is 1. The monoisotopic (exact) mass is 223 g/mol. The van der Waals surface area contributed by atoms with Gasteiger partial charge in [-0.3, -0.25) is 4.79 Å². The number of carbonyl (C=O) groups excluding carboxylic acids is 1. The predicted molar refractivity (Wildman–Crippen MR) is 66.1 cm³/mol. The van der Waals surface area contributed by atoms with Gasteiger partial charge in [0.05, 0.1) is 18.4 Å². The number of hydrogen-bond donors (Lipinski definition) is 1. The van der Waals surface area contributed by atoms with Gasteiger partial charge in [0.1, 0.15) is 5.58 Å². The van der Waals surface area contributed by atoms with E-state index in [9.17, 15) is 4.79 Å². The molecule has 1 amide bonds. The molecule has 3 heteroatoms. The molecule has 1 aliphatic heterocycles. The maximum atomic E-state index is 11.6. The van der Waals surface area contributed by atoms with E-state index in [0.717, 1.165) is 33.0 Å². The van der Waals surface area contributed by atoms with E-state index >= 15 is 0 Å². The Balaban J connectivity index is 2.31. The molecule has 2 heterocycles. The molecule has 82 valence electrons. The van der Waals surface area contributed by atoms with Gasteiger partial charge in [-0.05, 0) is 11.5 Å². The smallest absolute Gasteiger partial charge is 0.229 e. The van der Waals surface area contributed by atoms with Crippen LogP contribution in [0.15, 0.2) is 41.0 Å². The molecule has 1 aromatic heterocycles. The molecule has 0 spiro atoms. The SMILES string of the molecule is O=C1Cc2c(c3ccccc3c3ccoc23)N1. The number of furan rings is 1. The van der Waals surface area contributed by atoms with Gasteiger partial charge in [-0.15, -0.1) is 0 Å². The van der Waals surface area contributed by atoms with Gasteiger partial charge in [-0.25, -0.2) is 0 Å². The summed E-state index contributed by atoms with van der Waals surface area (Å²) in [6, 6.07) is 10.0. The Morgan fingerprint density at radius 3 is 2.76 bits per heavy atom. The highest BCUT2D eigenvalue weighted by atomic mass is 16.3. The lowest BCUT2D eigenvalue weighted by molar-refractivity contribution is -0.115. The first-order chi connectivity index (χ1) is 8.34. The molecule has 0 fully saturated rings. The summed E-state index contributed by atoms with van der Waals surface area (Å²) in [4.78, 5) is 11.6. The molecule has 0 radical (unpaired) electrons. The van der Waals surface area contributed by atoms with Crippen LogP contribution in [-0.2, 0) is 11.2 Å². The third-order valence-corrected chi connectivity index (χ3v) is 3.33. The van der Waals surface area contributed by atoms with Crippen molar-refractivity contribution in [1.29, 1.82) is 0 Å². The van der Waals surface area contributed by atoms with E-state index in [2.05, 4.69) is 11.4 Å². The minimum absolute atomic E-state index is 0.0362. The summed E-state index contributed by atoms with van der Waals surface area (Å²) in [5.41, 5.74) is 2.72. The van der Waals surface area contributed by atoms with Crippen molar-refractivity contribution < 1.29 is 9.21 Å². The van der Waals surface area contributed by atoms with Crippen molar-refractivity contribution in [2.45, 2.75) is 6.42 Å². The fourth-order valence-corrected chi connectivity index (χ4v) is 2.62. The normalized spacial score (nSPS) is 14.2. The lowest BCUT2D eigenvalue weighted by atomic mass is 10.0. The van der Waals surface area contributed by atoms with Crippen molar-refractivity contribution in [1.82, 2.24) is 0 Å². The summed E-state index contributed by atoms with van der Waals surface area (Å²) >= 11 is 0. The Kier molecular flexibility index (Phi) is 1.50. The largest absolute Gasteiger partial charge is 0.464 e. The van der Waals surface area contributed by atoms with Gasteiger partial charge in [0.15, 0.2) is 0 Å². The van der Waals surface area contributed by atoms with Gasteiger partial charge in [0, 0.05) is 16.3 Å². The van der Waals surface area contributed by atoms with Crippen molar-refractivity contribution in [3.05, 3.63) is 42.2 Å². The molecular weight excluding hydrogens is 214 g/mol. The Morgan fingerprint density at radius 1 is 1.06 bits per heavy atom. The van der Waals surface area contributed by atoms with Crippen molar-refractivity contribution in [2.75, 3.05) is 5.32 Å². The van der Waals surface area contributed by atoms with Crippen LogP contribution in [0.5, 0.6) is 0 Å². The third-order valence-electron chi connectivity index (χ3n) is 3.33. The Hall–Kier alpha value is -2.29. The molecule has 1 aliphatic rings. The Morgan fingerprint density at radius 2 is 1.88 bits per heavy atom. The van der Waals surface area contributed by atoms with Gasteiger partial charge in [0.25, 0.3) is 0 Å². The molecule has 4 rings (SSSR count). The van der Waals surface area contributed by atoms with Gasteiger partial charge in [0.2, 0.25) is 5.91 Å². The van der Waals surface area contributed by atoms with E-state index in [1.54, 1.807) is 6.26 Å². The second-order valence-electron chi connectivity index (χ2n) is 4.29. The number of fused-ring (bicyclic) bond motifs is 6. The fraction of sp³-hybridized carbons (Fsp3) is 0.0714. The van der Waals surface area contributed by atoms with E-state index in [1.165, 1.54) is 0 Å². The minimum Gasteiger partial charge on any atom is -0.464 e. The van der Waals surface area contributed by atoms with Gasteiger partial charge < -0.3 is 9.73 Å². The molecule has 3 aromatic rings. The Bertz CT molecular complexity index is 770. The molecule has 0 saturated heterocycles. The number of rotatable bonds is 0. The zero-order valence-corrected chi connectivity index (χ0v) is 8.99. The van der Waals surface area contributed by atoms with Crippen LogP contribution in [0.4, 0.5) is 5.69 Å². The van der Waals surface area contributed by atoms with Crippen LogP contribution >= 0.6 is 0 Å². The molecular formula is C14H9NO2. The second-order valence-corrected chi connectivity index (χ2v) is 4.29. The highest BCUT2D eigenvalue weighted by Gasteiger charge is 2.24. The zero-order valence-electron chi connectivity index (χ0n) is 8.99. The first kappa shape index (κ1) is 8.82. The number of amides is 1. The number of benzene rings is 2. The molecule has 17 heavy (non-hydrogen) atoms. The summed E-state index contributed by atoms with van der Waals surface area (Å²) in [7, 11) is 0. The maximum Gasteiger partial charge on any atom is 0.229 e. The lowest BCUT2D eigenvalue weighted by Gasteiger charge is -2.06. The summed E-state index contributed by atoms with van der Waals surface area (Å²) < 4.78 is 5.52. The van der Waals surface area contributed by atoms with E-state index in [1.807, 2.05) is 24.3 Å². The number of carbonyl (C=O) groups is 1. The van der Waals surface area contributed by atoms with Gasteiger partial charge in [-0.1, -0.05) is 24.3 Å². The average Bonchev–Trinajstić information content (AvgIpc) is 2.94. The van der Waals surface area contributed by atoms with Crippen molar-refractivity contribution in [3.8, 4) is 0 Å². The summed E-state index contributed by atoms with van der Waals surface area (Å²) in [6.45, 7) is 0. The molecule has 0 unspecified atom stereocenters. The van der Waals surface area contributed by atoms with Crippen molar-refractivity contribution in [2.24, 2.45) is 0 Å². The van der Waals surface area contributed by atoms with Gasteiger partial charge in [-0.2, -0.15) is 0 Å². The summed E-state index contributed by atoms with van der Waals surface area (Å²) in [6.07, 6.45) is 2.09. The molecule has 0 aliphatic carbocycles. The molecule has 3 nitrogen and oxygen atoms in total. The third kappa shape index (κ3) is 1.03. The molecule has 1 N–H and O–H groups in total. The number of nitrogens with one attached hydrogen (secondary N) is 1. The first-order valence-corrected chi connectivity index (χ1v) is 5.55. The van der Waals surface area contributed by atoms with Crippen molar-refractivity contribution >= 4 is 33.3 Å². The van der Waals surface area contributed by atoms with E-state index in [-0.39, 0.29) is 5.91 Å². The van der Waals surface area contributed by atoms with Crippen LogP contribution in [0, 0.1) is 0 Å². The first-order valence-electron chi connectivity index (χ1n) is 5.55. The molecule has 0 atom stereocenters. The van der Waals surface area contributed by atoms with E-state index in [0.29, 0.717) is 6.42 Å². The predicted octanol–water partition coefficient (Wildman–Crippen LogP) is 3.08. The van der Waals surface area contributed by atoms with E-state index < -0.39 is 0 Å². The quantitative estimate of drug-likeness (QED) is 0.636. The average molecular weight is 223 g/mol. The van der Waals surface area contributed by atoms with Crippen LogP contribution in [0.25, 0.3) is 21.7 Å². The van der Waals surface area contributed by atoms with Crippen LogP contribution in [-0.4, -0.2) is 5.91 Å². The molecule has 0 saturated carbocycles. The molecule has 0 bridgehead atoms. The van der Waals surface area contributed by atoms with Gasteiger partial charge >= 0.3 is 0 Å². The topological polar surface area (TPSA) is 42.2 Å². The highest BCUT2D eigenvalue weighted by Crippen LogP contribution is 2.39. The summed E-state index contributed by atoms with van der Waals surface area (Å²) in [5.74, 6) is 0.0362.